The molecule has 7 nitrogen and oxygen atoms in total. The van der Waals surface area contributed by atoms with E-state index < -0.39 is 5.91 Å². The van der Waals surface area contributed by atoms with Crippen LogP contribution in [0.15, 0.2) is 82.4 Å². The minimum atomic E-state index is -0.432. The zero-order chi connectivity index (χ0) is 28.0. The molecule has 0 unspecified atom stereocenters. The number of nitrogens with one attached hydrogen (secondary N) is 1. The van der Waals surface area contributed by atoms with Crippen LogP contribution < -0.4 is 4.74 Å². The third-order valence-corrected chi connectivity index (χ3v) is 8.19. The van der Waals surface area contributed by atoms with Gasteiger partial charge in [-0.1, -0.05) is 60.2 Å². The highest BCUT2D eigenvalue weighted by atomic mass is 32.2. The Balaban J connectivity index is 1.31. The summed E-state index contributed by atoms with van der Waals surface area (Å²) in [6.45, 7) is 9.32. The monoisotopic (exact) mass is 547 g/mol. The van der Waals surface area contributed by atoms with Crippen molar-refractivity contribution in [1.29, 1.82) is 5.41 Å². The third kappa shape index (κ3) is 4.64. The van der Waals surface area contributed by atoms with Gasteiger partial charge in [0.05, 0.1) is 12.1 Å². The maximum Gasteiger partial charge on any atom is 0.283 e. The first-order valence-corrected chi connectivity index (χ1v) is 14.0. The van der Waals surface area contributed by atoms with E-state index in [4.69, 9.17) is 10.1 Å². The number of rotatable bonds is 6. The standard InChI is InChI=1S/C32H29N5O2S/c1-19-10-13-23(14-11-19)31-35-37-29(33)26(30(38)34-32(37)40-31)18-25-22(4)36(27-8-6-5-7-24(25)27)15-16-39-28-17-20(2)9-12-21(28)3/h5-14,17-18,33H,15-16H2,1-4H3/b26-18+,33-29?. The number of aromatic nitrogens is 1. The van der Waals surface area contributed by atoms with Crippen LogP contribution in [-0.4, -0.2) is 38.1 Å². The fourth-order valence-corrected chi connectivity index (χ4v) is 5.88. The molecule has 0 atom stereocenters. The molecule has 0 saturated carbocycles. The van der Waals surface area contributed by atoms with E-state index in [1.54, 1.807) is 6.08 Å². The van der Waals surface area contributed by atoms with Gasteiger partial charge < -0.3 is 9.30 Å². The minimum absolute atomic E-state index is 0.0269. The largest absolute Gasteiger partial charge is 0.491 e. The summed E-state index contributed by atoms with van der Waals surface area (Å²) in [6, 6.07) is 22.3. The summed E-state index contributed by atoms with van der Waals surface area (Å²) < 4.78 is 8.36. The molecule has 2 aliphatic rings. The second kappa shape index (κ2) is 10.3. The van der Waals surface area contributed by atoms with Gasteiger partial charge in [-0.2, -0.15) is 15.1 Å². The Hall–Kier alpha value is -4.43. The second-order valence-corrected chi connectivity index (χ2v) is 11.0. The number of hydrogen-bond donors (Lipinski definition) is 1. The van der Waals surface area contributed by atoms with E-state index >= 15 is 0 Å². The Morgan fingerprint density at radius 1 is 0.975 bits per heavy atom. The first-order chi connectivity index (χ1) is 19.3. The average Bonchev–Trinajstić information content (AvgIpc) is 3.48. The number of amides is 1. The first-order valence-electron chi connectivity index (χ1n) is 13.2. The number of hydrogen-bond acceptors (Lipinski definition) is 5. The summed E-state index contributed by atoms with van der Waals surface area (Å²) >= 11 is 1.31. The number of benzene rings is 3. The number of fused-ring (bicyclic) bond motifs is 2. The van der Waals surface area contributed by atoms with Gasteiger partial charge in [-0.15, -0.1) is 0 Å². The van der Waals surface area contributed by atoms with Crippen LogP contribution in [0.1, 0.15) is 33.5 Å². The van der Waals surface area contributed by atoms with Crippen LogP contribution in [0.2, 0.25) is 0 Å². The molecular formula is C32H29N5O2S. The molecular weight excluding hydrogens is 518 g/mol. The van der Waals surface area contributed by atoms with Crippen molar-refractivity contribution >= 4 is 50.7 Å². The van der Waals surface area contributed by atoms with Gasteiger partial charge in [0.15, 0.2) is 5.84 Å². The number of carbonyl (C=O) groups is 1. The van der Waals surface area contributed by atoms with Gasteiger partial charge >= 0.3 is 0 Å². The molecule has 8 heteroatoms. The fourth-order valence-electron chi connectivity index (χ4n) is 4.99. The highest BCUT2D eigenvalue weighted by molar-refractivity contribution is 8.27. The molecule has 6 rings (SSSR count). The van der Waals surface area contributed by atoms with Crippen molar-refractivity contribution in [3.8, 4) is 5.75 Å². The SMILES string of the molecule is Cc1ccc(C2=NN3C(=N)/C(=C\c4c(C)n(CCOc5cc(C)ccc5C)c5ccccc45)C(=O)N=C3S2)cc1. The highest BCUT2D eigenvalue weighted by Crippen LogP contribution is 2.33. The van der Waals surface area contributed by atoms with Crippen LogP contribution in [0.3, 0.4) is 0 Å². The molecule has 1 aromatic heterocycles. The number of amidine groups is 2. The van der Waals surface area contributed by atoms with Crippen LogP contribution >= 0.6 is 11.8 Å². The van der Waals surface area contributed by atoms with E-state index in [9.17, 15) is 4.79 Å². The Bertz CT molecular complexity index is 1780. The van der Waals surface area contributed by atoms with Crippen molar-refractivity contribution in [3.63, 3.8) is 0 Å². The lowest BCUT2D eigenvalue weighted by Crippen LogP contribution is -2.35. The van der Waals surface area contributed by atoms with E-state index in [0.717, 1.165) is 50.2 Å². The maximum atomic E-state index is 13.2. The van der Waals surface area contributed by atoms with Gasteiger partial charge in [-0.05, 0) is 68.8 Å². The summed E-state index contributed by atoms with van der Waals surface area (Å²) in [5.41, 5.74) is 7.50. The molecule has 0 aliphatic carbocycles. The van der Waals surface area contributed by atoms with Crippen LogP contribution in [0, 0.1) is 33.1 Å². The van der Waals surface area contributed by atoms with Crippen molar-refractivity contribution in [2.24, 2.45) is 10.1 Å². The van der Waals surface area contributed by atoms with Crippen LogP contribution in [0.5, 0.6) is 5.75 Å². The quantitative estimate of drug-likeness (QED) is 0.275. The predicted molar refractivity (Wildman–Crippen MR) is 163 cm³/mol. The molecule has 0 spiro atoms. The van der Waals surface area contributed by atoms with Crippen molar-refractivity contribution in [1.82, 2.24) is 9.58 Å². The summed E-state index contributed by atoms with van der Waals surface area (Å²) in [6.07, 6.45) is 1.79. The smallest absolute Gasteiger partial charge is 0.283 e. The Kier molecular flexibility index (Phi) is 6.64. The summed E-state index contributed by atoms with van der Waals surface area (Å²) in [5.74, 6) is 0.484. The molecule has 0 saturated heterocycles. The van der Waals surface area contributed by atoms with Crippen molar-refractivity contribution in [3.05, 3.63) is 106 Å². The Morgan fingerprint density at radius 2 is 1.73 bits per heavy atom. The zero-order valence-corrected chi connectivity index (χ0v) is 23.7. The van der Waals surface area contributed by atoms with E-state index in [0.29, 0.717) is 23.4 Å². The van der Waals surface area contributed by atoms with Gasteiger partial charge in [0.25, 0.3) is 5.91 Å². The number of nitrogens with zero attached hydrogens (tertiary/aromatic N) is 4. The van der Waals surface area contributed by atoms with Gasteiger partial charge in [0.2, 0.25) is 5.17 Å². The molecule has 1 N–H and O–H groups in total. The molecule has 200 valence electrons. The van der Waals surface area contributed by atoms with Gasteiger partial charge in [0.1, 0.15) is 17.4 Å². The molecule has 2 aliphatic heterocycles. The molecule has 3 heterocycles. The molecule has 0 radical (unpaired) electrons. The van der Waals surface area contributed by atoms with Crippen LogP contribution in [0.4, 0.5) is 0 Å². The maximum absolute atomic E-state index is 13.2. The van der Waals surface area contributed by atoms with E-state index in [2.05, 4.69) is 45.9 Å². The average molecular weight is 548 g/mol. The molecule has 1 amide bonds. The molecule has 40 heavy (non-hydrogen) atoms. The van der Waals surface area contributed by atoms with Crippen molar-refractivity contribution in [2.45, 2.75) is 34.2 Å². The minimum Gasteiger partial charge on any atom is -0.491 e. The zero-order valence-electron chi connectivity index (χ0n) is 22.9. The lowest BCUT2D eigenvalue weighted by molar-refractivity contribution is -0.114. The Morgan fingerprint density at radius 3 is 2.52 bits per heavy atom. The van der Waals surface area contributed by atoms with E-state index in [1.165, 1.54) is 16.8 Å². The van der Waals surface area contributed by atoms with Gasteiger partial charge in [-0.25, -0.2) is 0 Å². The number of aryl methyl sites for hydroxylation is 3. The number of aliphatic imine (C=N–C) groups is 1. The van der Waals surface area contributed by atoms with Crippen molar-refractivity contribution < 1.29 is 9.53 Å². The topological polar surface area (TPSA) is 83.0 Å². The van der Waals surface area contributed by atoms with Gasteiger partial charge in [0, 0.05) is 27.7 Å². The van der Waals surface area contributed by atoms with Crippen molar-refractivity contribution in [2.75, 3.05) is 6.61 Å². The molecule has 4 aromatic rings. The summed E-state index contributed by atoms with van der Waals surface area (Å²) in [4.78, 5) is 17.5. The van der Waals surface area contributed by atoms with Crippen LogP contribution in [-0.2, 0) is 11.3 Å². The number of ether oxygens (including phenoxy) is 1. The summed E-state index contributed by atoms with van der Waals surface area (Å²) in [5, 5.41) is 17.1. The number of thioether (sulfide) groups is 1. The third-order valence-electron chi connectivity index (χ3n) is 7.24. The second-order valence-electron chi connectivity index (χ2n) is 10.1. The highest BCUT2D eigenvalue weighted by Gasteiger charge is 2.36. The molecule has 0 fully saturated rings. The molecule has 3 aromatic carbocycles. The number of para-hydroxylation sites is 1. The van der Waals surface area contributed by atoms with E-state index in [1.807, 2.05) is 63.2 Å². The van der Waals surface area contributed by atoms with Crippen LogP contribution in [0.25, 0.3) is 17.0 Å². The fraction of sp³-hybridized carbons (Fsp3) is 0.188. The lowest BCUT2D eigenvalue weighted by atomic mass is 10.1. The summed E-state index contributed by atoms with van der Waals surface area (Å²) in [7, 11) is 0. The number of carbonyl (C=O) groups excluding carboxylic acids is 1. The normalized spacial score (nSPS) is 16.0. The first kappa shape index (κ1) is 25.8. The molecule has 0 bridgehead atoms. The predicted octanol–water partition coefficient (Wildman–Crippen LogP) is 6.62. The number of hydrazone groups is 1. The Labute approximate surface area is 237 Å². The van der Waals surface area contributed by atoms with Gasteiger partial charge in [-0.3, -0.25) is 10.2 Å². The lowest BCUT2D eigenvalue weighted by Gasteiger charge is -2.20. The van der Waals surface area contributed by atoms with E-state index in [-0.39, 0.29) is 11.4 Å².